The van der Waals surface area contributed by atoms with Gasteiger partial charge in [-0.1, -0.05) is 11.3 Å². The number of aryl methyl sites for hydroxylation is 1. The molecular formula is C10H18N4OS. The van der Waals surface area contributed by atoms with E-state index in [1.54, 1.807) is 0 Å². The fraction of sp³-hybridized carbons (Fsp3) is 0.700. The summed E-state index contributed by atoms with van der Waals surface area (Å²) in [6, 6.07) is 0. The van der Waals surface area contributed by atoms with E-state index in [0.29, 0.717) is 13.0 Å². The van der Waals surface area contributed by atoms with Crippen molar-refractivity contribution in [2.75, 3.05) is 25.0 Å². The number of hydrogen-bond donors (Lipinski definition) is 1. The summed E-state index contributed by atoms with van der Waals surface area (Å²) in [6.07, 6.45) is 0.500. The minimum Gasteiger partial charge on any atom is -0.360 e. The second-order valence-electron chi connectivity index (χ2n) is 3.37. The Bertz CT molecular complexity index is 335. The summed E-state index contributed by atoms with van der Waals surface area (Å²) in [6.45, 7) is 8.04. The predicted octanol–water partition coefficient (Wildman–Crippen LogP) is 1.52. The Morgan fingerprint density at radius 3 is 2.56 bits per heavy atom. The molecule has 0 fully saturated rings. The van der Waals surface area contributed by atoms with Crippen LogP contribution in [-0.2, 0) is 4.79 Å². The average molecular weight is 242 g/mol. The summed E-state index contributed by atoms with van der Waals surface area (Å²) in [4.78, 5) is 13.5. The van der Waals surface area contributed by atoms with Gasteiger partial charge in [0.05, 0.1) is 0 Å². The maximum absolute atomic E-state index is 11.7. The molecule has 0 aliphatic rings. The fourth-order valence-electron chi connectivity index (χ4n) is 1.38. The van der Waals surface area contributed by atoms with Crippen molar-refractivity contribution < 1.29 is 4.79 Å². The summed E-state index contributed by atoms with van der Waals surface area (Å²) in [5.41, 5.74) is 0. The number of hydrogen-bond acceptors (Lipinski definition) is 5. The Balaban J connectivity index is 2.27. The summed E-state index contributed by atoms with van der Waals surface area (Å²) in [7, 11) is 0. The second-order valence-corrected chi connectivity index (χ2v) is 4.55. The van der Waals surface area contributed by atoms with Crippen molar-refractivity contribution >= 4 is 22.4 Å². The molecule has 1 aromatic rings. The first-order valence-corrected chi connectivity index (χ1v) is 6.30. The normalized spacial score (nSPS) is 10.2. The summed E-state index contributed by atoms with van der Waals surface area (Å²) < 4.78 is 0. The lowest BCUT2D eigenvalue weighted by atomic mass is 10.3. The summed E-state index contributed by atoms with van der Waals surface area (Å²) in [5, 5.41) is 12.6. The van der Waals surface area contributed by atoms with Gasteiger partial charge in [-0.2, -0.15) is 0 Å². The van der Waals surface area contributed by atoms with Crippen LogP contribution in [-0.4, -0.2) is 40.6 Å². The lowest BCUT2D eigenvalue weighted by Crippen LogP contribution is -2.31. The molecule has 1 rings (SSSR count). The van der Waals surface area contributed by atoms with Crippen LogP contribution < -0.4 is 5.32 Å². The number of rotatable bonds is 6. The molecule has 0 radical (unpaired) electrons. The molecule has 5 nitrogen and oxygen atoms in total. The quantitative estimate of drug-likeness (QED) is 0.821. The summed E-state index contributed by atoms with van der Waals surface area (Å²) in [5.74, 6) is 0.179. The summed E-state index contributed by atoms with van der Waals surface area (Å²) >= 11 is 1.50. The van der Waals surface area contributed by atoms with Gasteiger partial charge in [0.1, 0.15) is 5.01 Å². The molecule has 0 spiro atoms. The lowest BCUT2D eigenvalue weighted by Gasteiger charge is -2.18. The Morgan fingerprint density at radius 1 is 1.38 bits per heavy atom. The van der Waals surface area contributed by atoms with Crippen LogP contribution in [0.4, 0.5) is 5.13 Å². The van der Waals surface area contributed by atoms with Gasteiger partial charge < -0.3 is 10.2 Å². The van der Waals surface area contributed by atoms with E-state index in [9.17, 15) is 4.79 Å². The first-order chi connectivity index (χ1) is 7.67. The number of aromatic nitrogens is 2. The molecule has 0 atom stereocenters. The highest BCUT2D eigenvalue weighted by Gasteiger charge is 2.08. The van der Waals surface area contributed by atoms with Crippen molar-refractivity contribution in [1.82, 2.24) is 15.1 Å². The standard InChI is InChI=1S/C10H18N4OS/c1-4-14(5-2)9(15)6-7-11-10-13-12-8(3)16-10/h4-7H2,1-3H3,(H,11,13). The van der Waals surface area contributed by atoms with E-state index in [2.05, 4.69) is 15.5 Å². The Hall–Kier alpha value is -1.17. The van der Waals surface area contributed by atoms with Crippen LogP contribution in [0.15, 0.2) is 0 Å². The zero-order valence-corrected chi connectivity index (χ0v) is 10.8. The van der Waals surface area contributed by atoms with Gasteiger partial charge >= 0.3 is 0 Å². The van der Waals surface area contributed by atoms with E-state index in [1.807, 2.05) is 25.7 Å². The second kappa shape index (κ2) is 6.42. The average Bonchev–Trinajstić information content (AvgIpc) is 2.66. The highest BCUT2D eigenvalue weighted by Crippen LogP contribution is 2.13. The minimum absolute atomic E-state index is 0.179. The Kier molecular flexibility index (Phi) is 5.18. The van der Waals surface area contributed by atoms with Gasteiger partial charge in [-0.05, 0) is 20.8 Å². The van der Waals surface area contributed by atoms with Crippen LogP contribution in [0.2, 0.25) is 0 Å². The largest absolute Gasteiger partial charge is 0.360 e. The van der Waals surface area contributed by atoms with Gasteiger partial charge in [0.2, 0.25) is 11.0 Å². The predicted molar refractivity (Wildman–Crippen MR) is 65.7 cm³/mol. The van der Waals surface area contributed by atoms with E-state index in [-0.39, 0.29) is 5.91 Å². The van der Waals surface area contributed by atoms with Crippen molar-refractivity contribution in [3.63, 3.8) is 0 Å². The van der Waals surface area contributed by atoms with Crippen molar-refractivity contribution in [2.45, 2.75) is 27.2 Å². The van der Waals surface area contributed by atoms with Crippen LogP contribution in [0.5, 0.6) is 0 Å². The molecule has 1 aromatic heterocycles. The third-order valence-electron chi connectivity index (χ3n) is 2.26. The van der Waals surface area contributed by atoms with Crippen LogP contribution in [0, 0.1) is 6.92 Å². The van der Waals surface area contributed by atoms with E-state index in [1.165, 1.54) is 11.3 Å². The maximum Gasteiger partial charge on any atom is 0.224 e. The molecular weight excluding hydrogens is 224 g/mol. The van der Waals surface area contributed by atoms with Crippen molar-refractivity contribution in [2.24, 2.45) is 0 Å². The molecule has 1 N–H and O–H groups in total. The van der Waals surface area contributed by atoms with E-state index >= 15 is 0 Å². The van der Waals surface area contributed by atoms with Crippen LogP contribution in [0.1, 0.15) is 25.3 Å². The number of nitrogens with zero attached hydrogens (tertiary/aromatic N) is 3. The molecule has 0 bridgehead atoms. The molecule has 0 aliphatic carbocycles. The Morgan fingerprint density at radius 2 is 2.06 bits per heavy atom. The first kappa shape index (κ1) is 12.9. The zero-order valence-electron chi connectivity index (χ0n) is 9.99. The number of nitrogens with one attached hydrogen (secondary N) is 1. The molecule has 0 unspecified atom stereocenters. The van der Waals surface area contributed by atoms with Gasteiger partial charge in [-0.25, -0.2) is 0 Å². The molecule has 0 aromatic carbocycles. The van der Waals surface area contributed by atoms with Crippen LogP contribution in [0.3, 0.4) is 0 Å². The number of anilines is 1. The first-order valence-electron chi connectivity index (χ1n) is 5.49. The highest BCUT2D eigenvalue weighted by atomic mass is 32.1. The molecule has 0 saturated heterocycles. The maximum atomic E-state index is 11.7. The van der Waals surface area contributed by atoms with Gasteiger partial charge in [-0.15, -0.1) is 10.2 Å². The highest BCUT2D eigenvalue weighted by molar-refractivity contribution is 7.15. The number of carbonyl (C=O) groups is 1. The topological polar surface area (TPSA) is 58.1 Å². The molecule has 6 heteroatoms. The van der Waals surface area contributed by atoms with E-state index in [0.717, 1.165) is 23.2 Å². The van der Waals surface area contributed by atoms with Crippen LogP contribution >= 0.6 is 11.3 Å². The third-order valence-corrected chi connectivity index (χ3v) is 3.05. The number of amides is 1. The van der Waals surface area contributed by atoms with Crippen molar-refractivity contribution in [3.05, 3.63) is 5.01 Å². The van der Waals surface area contributed by atoms with E-state index in [4.69, 9.17) is 0 Å². The molecule has 16 heavy (non-hydrogen) atoms. The van der Waals surface area contributed by atoms with Gasteiger partial charge in [0, 0.05) is 26.1 Å². The minimum atomic E-state index is 0.179. The van der Waals surface area contributed by atoms with E-state index < -0.39 is 0 Å². The lowest BCUT2D eigenvalue weighted by molar-refractivity contribution is -0.130. The molecule has 1 heterocycles. The smallest absolute Gasteiger partial charge is 0.224 e. The Labute approximate surface area is 99.9 Å². The van der Waals surface area contributed by atoms with Crippen molar-refractivity contribution in [1.29, 1.82) is 0 Å². The molecule has 0 saturated carbocycles. The van der Waals surface area contributed by atoms with Crippen molar-refractivity contribution in [3.8, 4) is 0 Å². The molecule has 0 aliphatic heterocycles. The van der Waals surface area contributed by atoms with Gasteiger partial charge in [-0.3, -0.25) is 4.79 Å². The van der Waals surface area contributed by atoms with Gasteiger partial charge in [0.15, 0.2) is 0 Å². The van der Waals surface area contributed by atoms with Crippen LogP contribution in [0.25, 0.3) is 0 Å². The number of carbonyl (C=O) groups excluding carboxylic acids is 1. The fourth-order valence-corrected chi connectivity index (χ4v) is 2.00. The third kappa shape index (κ3) is 3.77. The zero-order chi connectivity index (χ0) is 12.0. The monoisotopic (exact) mass is 242 g/mol. The SMILES string of the molecule is CCN(CC)C(=O)CCNc1nnc(C)s1. The van der Waals surface area contributed by atoms with Gasteiger partial charge in [0.25, 0.3) is 0 Å². The molecule has 1 amide bonds. The molecule has 90 valence electrons.